The van der Waals surface area contributed by atoms with Crippen LogP contribution >= 0.6 is 27.5 Å². The van der Waals surface area contributed by atoms with Gasteiger partial charge in [-0.05, 0) is 51.6 Å². The first-order chi connectivity index (χ1) is 10.2. The molecule has 0 spiro atoms. The van der Waals surface area contributed by atoms with Crippen LogP contribution in [-0.4, -0.2) is 4.98 Å². The molecule has 3 rings (SSSR count). The maximum absolute atomic E-state index is 13.1. The molecule has 2 nitrogen and oxygen atoms in total. The van der Waals surface area contributed by atoms with Gasteiger partial charge in [-0.3, -0.25) is 0 Å². The fourth-order valence-electron chi connectivity index (χ4n) is 2.03. The number of ether oxygens (including phenoxy) is 1. The largest absolute Gasteiger partial charge is 0.437 e. The van der Waals surface area contributed by atoms with Crippen LogP contribution in [0.25, 0.3) is 10.8 Å². The summed E-state index contributed by atoms with van der Waals surface area (Å²) in [6.45, 7) is 0. The number of halogens is 3. The first-order valence-electron chi connectivity index (χ1n) is 6.25. The van der Waals surface area contributed by atoms with E-state index in [1.807, 2.05) is 30.3 Å². The summed E-state index contributed by atoms with van der Waals surface area (Å²) in [7, 11) is 0. The fraction of sp³-hybridized carbons (Fsp3) is 0.0625. The lowest BCUT2D eigenvalue weighted by Gasteiger charge is -2.11. The van der Waals surface area contributed by atoms with Crippen molar-refractivity contribution in [1.29, 1.82) is 0 Å². The third-order valence-electron chi connectivity index (χ3n) is 3.00. The summed E-state index contributed by atoms with van der Waals surface area (Å²) in [6, 6.07) is 13.9. The van der Waals surface area contributed by atoms with Gasteiger partial charge >= 0.3 is 0 Å². The molecule has 2 aromatic carbocycles. The van der Waals surface area contributed by atoms with E-state index in [1.165, 1.54) is 12.1 Å². The molecule has 0 saturated heterocycles. The molecule has 0 aliphatic heterocycles. The maximum Gasteiger partial charge on any atom is 0.227 e. The molecule has 0 N–H and O–H groups in total. The fourth-order valence-corrected chi connectivity index (χ4v) is 2.60. The van der Waals surface area contributed by atoms with E-state index >= 15 is 0 Å². The van der Waals surface area contributed by atoms with Crippen molar-refractivity contribution in [2.24, 2.45) is 0 Å². The monoisotopic (exact) mass is 365 g/mol. The zero-order valence-electron chi connectivity index (χ0n) is 10.8. The number of rotatable bonds is 3. The van der Waals surface area contributed by atoms with Crippen molar-refractivity contribution in [3.63, 3.8) is 0 Å². The van der Waals surface area contributed by atoms with Gasteiger partial charge in [-0.1, -0.05) is 18.2 Å². The van der Waals surface area contributed by atoms with Crippen LogP contribution in [0.1, 0.15) is 5.69 Å². The van der Waals surface area contributed by atoms with Gasteiger partial charge in [-0.2, -0.15) is 0 Å². The van der Waals surface area contributed by atoms with Gasteiger partial charge in [0.1, 0.15) is 11.6 Å². The summed E-state index contributed by atoms with van der Waals surface area (Å²) in [5, 5.41) is 1.87. The summed E-state index contributed by atoms with van der Waals surface area (Å²) in [4.78, 5) is 4.41. The zero-order valence-corrected chi connectivity index (χ0v) is 13.2. The predicted octanol–water partition coefficient (Wildman–Crippen LogP) is 5.67. The molecule has 106 valence electrons. The number of hydrogen-bond acceptors (Lipinski definition) is 2. The van der Waals surface area contributed by atoms with E-state index < -0.39 is 0 Å². The second kappa shape index (κ2) is 6.00. The molecule has 0 radical (unpaired) electrons. The van der Waals surface area contributed by atoms with Crippen LogP contribution in [0, 0.1) is 5.82 Å². The Kier molecular flexibility index (Phi) is 4.08. The highest BCUT2D eigenvalue weighted by Crippen LogP contribution is 2.33. The van der Waals surface area contributed by atoms with Crippen molar-refractivity contribution >= 4 is 38.3 Å². The Morgan fingerprint density at radius 2 is 1.95 bits per heavy atom. The van der Waals surface area contributed by atoms with Gasteiger partial charge in [0.25, 0.3) is 0 Å². The normalized spacial score (nSPS) is 10.8. The lowest BCUT2D eigenvalue weighted by molar-refractivity contribution is 0.463. The maximum atomic E-state index is 13.1. The van der Waals surface area contributed by atoms with Crippen molar-refractivity contribution in [2.75, 3.05) is 0 Å². The van der Waals surface area contributed by atoms with Gasteiger partial charge < -0.3 is 4.74 Å². The number of nitrogens with zero attached hydrogens (tertiary/aromatic N) is 1. The topological polar surface area (TPSA) is 22.1 Å². The van der Waals surface area contributed by atoms with E-state index in [1.54, 1.807) is 6.07 Å². The molecule has 1 aromatic heterocycles. The molecule has 21 heavy (non-hydrogen) atoms. The lowest BCUT2D eigenvalue weighted by Crippen LogP contribution is -1.94. The highest BCUT2D eigenvalue weighted by molar-refractivity contribution is 9.10. The highest BCUT2D eigenvalue weighted by atomic mass is 79.9. The van der Waals surface area contributed by atoms with Crippen LogP contribution < -0.4 is 4.74 Å². The Morgan fingerprint density at radius 3 is 2.71 bits per heavy atom. The van der Waals surface area contributed by atoms with E-state index in [9.17, 15) is 4.39 Å². The number of benzene rings is 2. The first-order valence-corrected chi connectivity index (χ1v) is 7.57. The van der Waals surface area contributed by atoms with Crippen molar-refractivity contribution in [2.45, 2.75) is 5.88 Å². The second-order valence-corrected chi connectivity index (χ2v) is 5.57. The van der Waals surface area contributed by atoms with E-state index in [4.69, 9.17) is 16.3 Å². The number of pyridine rings is 1. The molecule has 0 aliphatic carbocycles. The molecule has 3 aromatic rings. The van der Waals surface area contributed by atoms with Gasteiger partial charge in [0.2, 0.25) is 5.88 Å². The standard InChI is InChI=1S/C16H10BrClFNO/c17-14-8-11(19)5-6-15(14)21-16-13-4-2-1-3-10(13)7-12(9-18)20-16/h1-8H,9H2. The molecule has 0 saturated carbocycles. The third kappa shape index (κ3) is 3.01. The smallest absolute Gasteiger partial charge is 0.227 e. The summed E-state index contributed by atoms with van der Waals surface area (Å²) in [5.41, 5.74) is 0.726. The van der Waals surface area contributed by atoms with Crippen molar-refractivity contribution < 1.29 is 9.13 Å². The molecule has 0 bridgehead atoms. The lowest BCUT2D eigenvalue weighted by atomic mass is 10.1. The van der Waals surface area contributed by atoms with Crippen LogP contribution in [0.4, 0.5) is 4.39 Å². The van der Waals surface area contributed by atoms with Gasteiger partial charge in [0.05, 0.1) is 16.0 Å². The number of hydrogen-bond donors (Lipinski definition) is 0. The van der Waals surface area contributed by atoms with Crippen LogP contribution in [-0.2, 0) is 5.88 Å². The minimum Gasteiger partial charge on any atom is -0.437 e. The van der Waals surface area contributed by atoms with Crippen LogP contribution in [0.5, 0.6) is 11.6 Å². The van der Waals surface area contributed by atoms with Gasteiger partial charge in [0.15, 0.2) is 0 Å². The van der Waals surface area contributed by atoms with E-state index in [0.717, 1.165) is 16.5 Å². The Hall–Kier alpha value is -1.65. The number of aromatic nitrogens is 1. The Balaban J connectivity index is 2.10. The molecule has 0 fully saturated rings. The Morgan fingerprint density at radius 1 is 1.14 bits per heavy atom. The van der Waals surface area contributed by atoms with Crippen LogP contribution in [0.2, 0.25) is 0 Å². The highest BCUT2D eigenvalue weighted by Gasteiger charge is 2.10. The molecular formula is C16H10BrClFNO. The minimum atomic E-state index is -0.332. The Labute approximate surface area is 134 Å². The summed E-state index contributed by atoms with van der Waals surface area (Å²) >= 11 is 9.16. The number of fused-ring (bicyclic) bond motifs is 1. The summed E-state index contributed by atoms with van der Waals surface area (Å²) < 4.78 is 19.5. The number of alkyl halides is 1. The molecule has 1 heterocycles. The molecular weight excluding hydrogens is 357 g/mol. The van der Waals surface area contributed by atoms with Gasteiger partial charge in [0, 0.05) is 5.39 Å². The molecule has 0 atom stereocenters. The predicted molar refractivity (Wildman–Crippen MR) is 85.5 cm³/mol. The average Bonchev–Trinajstić information content (AvgIpc) is 2.49. The van der Waals surface area contributed by atoms with E-state index in [-0.39, 0.29) is 5.82 Å². The SMILES string of the molecule is Fc1ccc(Oc2nc(CCl)cc3ccccc23)c(Br)c1. The molecule has 0 unspecified atom stereocenters. The molecule has 0 aliphatic rings. The molecule has 5 heteroatoms. The quantitative estimate of drug-likeness (QED) is 0.557. The summed E-state index contributed by atoms with van der Waals surface area (Å²) in [6.07, 6.45) is 0. The minimum absolute atomic E-state index is 0.297. The van der Waals surface area contributed by atoms with Crippen molar-refractivity contribution in [3.8, 4) is 11.6 Å². The van der Waals surface area contributed by atoms with Gasteiger partial charge in [-0.15, -0.1) is 11.6 Å². The van der Waals surface area contributed by atoms with E-state index in [0.29, 0.717) is 22.0 Å². The van der Waals surface area contributed by atoms with Crippen molar-refractivity contribution in [1.82, 2.24) is 4.98 Å². The average molecular weight is 367 g/mol. The molecule has 0 amide bonds. The van der Waals surface area contributed by atoms with Crippen molar-refractivity contribution in [3.05, 3.63) is 64.5 Å². The third-order valence-corrected chi connectivity index (χ3v) is 3.89. The first kappa shape index (κ1) is 14.3. The summed E-state index contributed by atoms with van der Waals surface area (Å²) in [5.74, 6) is 0.921. The Bertz CT molecular complexity index is 809. The second-order valence-electron chi connectivity index (χ2n) is 4.45. The van der Waals surface area contributed by atoms with Crippen LogP contribution in [0.3, 0.4) is 0 Å². The van der Waals surface area contributed by atoms with Gasteiger partial charge in [-0.25, -0.2) is 9.37 Å². The zero-order chi connectivity index (χ0) is 14.8. The van der Waals surface area contributed by atoms with E-state index in [2.05, 4.69) is 20.9 Å². The van der Waals surface area contributed by atoms with Crippen LogP contribution in [0.15, 0.2) is 53.0 Å².